The highest BCUT2D eigenvalue weighted by molar-refractivity contribution is 5.51. The summed E-state index contributed by atoms with van der Waals surface area (Å²) < 4.78 is 0. The molecule has 1 N–H and O–H groups in total. The minimum Gasteiger partial charge on any atom is -0.388 e. The second kappa shape index (κ2) is 4.69. The number of benzene rings is 1. The summed E-state index contributed by atoms with van der Waals surface area (Å²) in [5, 5.41) is 9.77. The van der Waals surface area contributed by atoms with E-state index in [1.807, 2.05) is 6.92 Å². The first-order valence-corrected chi connectivity index (χ1v) is 6.60. The van der Waals surface area contributed by atoms with Crippen molar-refractivity contribution < 1.29 is 5.11 Å². The third-order valence-corrected chi connectivity index (χ3v) is 3.88. The first-order chi connectivity index (χ1) is 8.04. The first-order valence-electron chi connectivity index (χ1n) is 6.60. The summed E-state index contributed by atoms with van der Waals surface area (Å²) in [4.78, 5) is 2.47. The third kappa shape index (κ3) is 2.47. The lowest BCUT2D eigenvalue weighted by Crippen LogP contribution is -2.38. The molecule has 17 heavy (non-hydrogen) atoms. The van der Waals surface area contributed by atoms with Crippen molar-refractivity contribution >= 4 is 5.69 Å². The molecular formula is C15H23NO. The summed E-state index contributed by atoms with van der Waals surface area (Å²) in [7, 11) is 0. The quantitative estimate of drug-likeness (QED) is 0.863. The zero-order valence-corrected chi connectivity index (χ0v) is 11.1. The van der Waals surface area contributed by atoms with Crippen molar-refractivity contribution in [3.63, 3.8) is 0 Å². The summed E-state index contributed by atoms with van der Waals surface area (Å²) in [6.07, 6.45) is 2.98. The van der Waals surface area contributed by atoms with Crippen LogP contribution in [0.4, 0.5) is 5.69 Å². The van der Waals surface area contributed by atoms with Gasteiger partial charge in [-0.05, 0) is 50.8 Å². The minimum absolute atomic E-state index is 0.269. The van der Waals surface area contributed by atoms with Crippen LogP contribution in [-0.4, -0.2) is 17.2 Å². The minimum atomic E-state index is -0.323. The van der Waals surface area contributed by atoms with E-state index in [2.05, 4.69) is 43.0 Å². The number of aliphatic hydroxyl groups is 1. The van der Waals surface area contributed by atoms with Crippen LogP contribution in [0.15, 0.2) is 24.3 Å². The highest BCUT2D eigenvalue weighted by Gasteiger charge is 2.31. The number of hydrogen-bond acceptors (Lipinski definition) is 2. The van der Waals surface area contributed by atoms with E-state index in [0.29, 0.717) is 0 Å². The van der Waals surface area contributed by atoms with Crippen LogP contribution in [0.1, 0.15) is 51.7 Å². The number of nitrogens with zero attached hydrogens (tertiary/aromatic N) is 1. The van der Waals surface area contributed by atoms with Crippen LogP contribution >= 0.6 is 0 Å². The Morgan fingerprint density at radius 3 is 2.41 bits per heavy atom. The Morgan fingerprint density at radius 2 is 1.94 bits per heavy atom. The molecule has 94 valence electrons. The van der Waals surface area contributed by atoms with Crippen molar-refractivity contribution in [2.75, 3.05) is 11.4 Å². The lowest BCUT2D eigenvalue weighted by Gasteiger charge is -2.34. The Hall–Kier alpha value is -1.02. The van der Waals surface area contributed by atoms with Crippen molar-refractivity contribution in [2.24, 2.45) is 0 Å². The summed E-state index contributed by atoms with van der Waals surface area (Å²) in [6, 6.07) is 8.39. The van der Waals surface area contributed by atoms with Crippen LogP contribution in [0.5, 0.6) is 0 Å². The molecule has 1 aromatic carbocycles. The average Bonchev–Trinajstić information content (AvgIpc) is 2.68. The zero-order valence-electron chi connectivity index (χ0n) is 11.1. The van der Waals surface area contributed by atoms with Gasteiger partial charge in [-0.1, -0.05) is 19.1 Å². The number of hydrogen-bond donors (Lipinski definition) is 1. The number of anilines is 1. The van der Waals surface area contributed by atoms with Gasteiger partial charge in [0.1, 0.15) is 0 Å². The van der Waals surface area contributed by atoms with Gasteiger partial charge in [-0.3, -0.25) is 0 Å². The molecule has 0 aliphatic carbocycles. The van der Waals surface area contributed by atoms with Crippen LogP contribution in [0.2, 0.25) is 0 Å². The fraction of sp³-hybridized carbons (Fsp3) is 0.600. The molecule has 1 saturated heterocycles. The second-order valence-electron chi connectivity index (χ2n) is 5.58. The van der Waals surface area contributed by atoms with E-state index in [0.717, 1.165) is 18.5 Å². The summed E-state index contributed by atoms with van der Waals surface area (Å²) in [5.41, 5.74) is 2.57. The zero-order chi connectivity index (χ0) is 12.5. The monoisotopic (exact) mass is 233 g/mol. The maximum Gasteiger partial charge on any atom is 0.0787 e. The first kappa shape index (κ1) is 12.4. The summed E-state index contributed by atoms with van der Waals surface area (Å²) in [6.45, 7) is 7.74. The fourth-order valence-electron chi connectivity index (χ4n) is 2.70. The van der Waals surface area contributed by atoms with Crippen molar-refractivity contribution in [1.82, 2.24) is 0 Å². The van der Waals surface area contributed by atoms with Gasteiger partial charge in [0.15, 0.2) is 0 Å². The van der Waals surface area contributed by atoms with Gasteiger partial charge in [-0.25, -0.2) is 0 Å². The molecule has 2 heteroatoms. The highest BCUT2D eigenvalue weighted by Crippen LogP contribution is 2.34. The summed E-state index contributed by atoms with van der Waals surface area (Å²) >= 11 is 0. The van der Waals surface area contributed by atoms with Gasteiger partial charge in [0.2, 0.25) is 0 Å². The Balaban J connectivity index is 2.18. The van der Waals surface area contributed by atoms with E-state index < -0.39 is 0 Å². The maximum absolute atomic E-state index is 9.77. The van der Waals surface area contributed by atoms with Gasteiger partial charge in [0.25, 0.3) is 0 Å². The van der Waals surface area contributed by atoms with Gasteiger partial charge >= 0.3 is 0 Å². The SMILES string of the molecule is CCC(O)c1ccc(N2CCCC2(C)C)cc1. The van der Waals surface area contributed by atoms with Gasteiger partial charge in [0, 0.05) is 17.8 Å². The van der Waals surface area contributed by atoms with Gasteiger partial charge in [0.05, 0.1) is 6.10 Å². The predicted octanol–water partition coefficient (Wildman–Crippen LogP) is 3.51. The number of aliphatic hydroxyl groups excluding tert-OH is 1. The molecular weight excluding hydrogens is 210 g/mol. The molecule has 2 rings (SSSR count). The summed E-state index contributed by atoms with van der Waals surface area (Å²) in [5.74, 6) is 0. The molecule has 0 bridgehead atoms. The molecule has 1 atom stereocenters. The van der Waals surface area contributed by atoms with Gasteiger partial charge < -0.3 is 10.0 Å². The standard InChI is InChI=1S/C15H23NO/c1-4-14(17)12-6-8-13(9-7-12)16-11-5-10-15(16,2)3/h6-9,14,17H,4-5,10-11H2,1-3H3. The lowest BCUT2D eigenvalue weighted by atomic mass is 10.0. The normalized spacial score (nSPS) is 20.6. The molecule has 2 nitrogen and oxygen atoms in total. The van der Waals surface area contributed by atoms with Crippen LogP contribution in [0, 0.1) is 0 Å². The van der Waals surface area contributed by atoms with E-state index in [9.17, 15) is 5.11 Å². The molecule has 1 aliphatic heterocycles. The Kier molecular flexibility index (Phi) is 3.43. The van der Waals surface area contributed by atoms with E-state index in [1.54, 1.807) is 0 Å². The smallest absolute Gasteiger partial charge is 0.0787 e. The van der Waals surface area contributed by atoms with Crippen LogP contribution in [0.25, 0.3) is 0 Å². The predicted molar refractivity (Wildman–Crippen MR) is 72.4 cm³/mol. The third-order valence-electron chi connectivity index (χ3n) is 3.88. The van der Waals surface area contributed by atoms with Crippen molar-refractivity contribution in [1.29, 1.82) is 0 Å². The molecule has 1 heterocycles. The highest BCUT2D eigenvalue weighted by atomic mass is 16.3. The van der Waals surface area contributed by atoms with Crippen LogP contribution in [-0.2, 0) is 0 Å². The molecule has 0 radical (unpaired) electrons. The molecule has 0 spiro atoms. The molecule has 1 unspecified atom stereocenters. The van der Waals surface area contributed by atoms with Gasteiger partial charge in [-0.15, -0.1) is 0 Å². The topological polar surface area (TPSA) is 23.5 Å². The Labute approximate surface area is 104 Å². The van der Waals surface area contributed by atoms with Crippen molar-refractivity contribution in [3.8, 4) is 0 Å². The van der Waals surface area contributed by atoms with Crippen molar-refractivity contribution in [3.05, 3.63) is 29.8 Å². The molecule has 0 saturated carbocycles. The van der Waals surface area contributed by atoms with Gasteiger partial charge in [-0.2, -0.15) is 0 Å². The van der Waals surface area contributed by atoms with E-state index in [1.165, 1.54) is 18.5 Å². The van der Waals surface area contributed by atoms with E-state index >= 15 is 0 Å². The molecule has 1 aromatic rings. The average molecular weight is 233 g/mol. The Bertz CT molecular complexity index is 369. The largest absolute Gasteiger partial charge is 0.388 e. The molecule has 1 fully saturated rings. The second-order valence-corrected chi connectivity index (χ2v) is 5.58. The van der Waals surface area contributed by atoms with E-state index in [-0.39, 0.29) is 11.6 Å². The lowest BCUT2D eigenvalue weighted by molar-refractivity contribution is 0.173. The maximum atomic E-state index is 9.77. The fourth-order valence-corrected chi connectivity index (χ4v) is 2.70. The molecule has 0 aromatic heterocycles. The van der Waals surface area contributed by atoms with Crippen molar-refractivity contribution in [2.45, 2.75) is 51.7 Å². The molecule has 0 amide bonds. The van der Waals surface area contributed by atoms with E-state index in [4.69, 9.17) is 0 Å². The van der Waals surface area contributed by atoms with Crippen LogP contribution in [0.3, 0.4) is 0 Å². The van der Waals surface area contributed by atoms with Crippen LogP contribution < -0.4 is 4.90 Å². The Morgan fingerprint density at radius 1 is 1.29 bits per heavy atom. The molecule has 1 aliphatic rings. The number of rotatable bonds is 3.